The Kier molecular flexibility index (Phi) is 7.01. The summed E-state index contributed by atoms with van der Waals surface area (Å²) in [5.41, 5.74) is 7.62. The van der Waals surface area contributed by atoms with Crippen LogP contribution < -0.4 is 20.5 Å². The van der Waals surface area contributed by atoms with Crippen molar-refractivity contribution in [1.82, 2.24) is 15.3 Å². The highest BCUT2D eigenvalue weighted by Gasteiger charge is 2.34. The second-order valence-corrected chi connectivity index (χ2v) is 8.31. The third-order valence-electron chi connectivity index (χ3n) is 5.23. The third-order valence-corrected chi connectivity index (χ3v) is 5.23. The fraction of sp³-hybridized carbons (Fsp3) is 0.333. The summed E-state index contributed by atoms with van der Waals surface area (Å²) >= 11 is 0. The molecule has 2 aromatic heterocycles. The molecule has 3 N–H and O–H groups in total. The second kappa shape index (κ2) is 9.72. The molecule has 0 fully saturated rings. The van der Waals surface area contributed by atoms with E-state index in [1.165, 1.54) is 7.11 Å². The molecule has 2 heterocycles. The number of benzene rings is 1. The molecular formula is C24H28N4O5. The monoisotopic (exact) mass is 452 g/mol. The molecule has 1 aromatic carbocycles. The number of nitrogens with two attached hydrogens (primary N) is 1. The van der Waals surface area contributed by atoms with Crippen LogP contribution in [0.2, 0.25) is 0 Å². The highest BCUT2D eigenvalue weighted by Crippen LogP contribution is 2.33. The van der Waals surface area contributed by atoms with Crippen molar-refractivity contribution in [2.45, 2.75) is 39.2 Å². The maximum absolute atomic E-state index is 12.1. The molecule has 0 spiro atoms. The number of nitrogens with zero attached hydrogens (tertiary/aromatic N) is 2. The lowest BCUT2D eigenvalue weighted by molar-refractivity contribution is -0.138. The van der Waals surface area contributed by atoms with Gasteiger partial charge in [-0.3, -0.25) is 14.6 Å². The van der Waals surface area contributed by atoms with Crippen LogP contribution in [0.25, 0.3) is 11.3 Å². The van der Waals surface area contributed by atoms with Crippen LogP contribution in [0.5, 0.6) is 11.8 Å². The predicted molar refractivity (Wildman–Crippen MR) is 122 cm³/mol. The van der Waals surface area contributed by atoms with Crippen molar-refractivity contribution in [1.29, 1.82) is 0 Å². The molecule has 3 rings (SSSR count). The highest BCUT2D eigenvalue weighted by molar-refractivity contribution is 6.34. The Bertz CT molecular complexity index is 1140. The van der Waals surface area contributed by atoms with Crippen LogP contribution in [0, 0.1) is 13.8 Å². The number of hydrogen-bond donors (Lipinski definition) is 2. The number of carbonyl (C=O) groups excluding carboxylic acids is 2. The van der Waals surface area contributed by atoms with Crippen LogP contribution in [-0.2, 0) is 9.59 Å². The lowest BCUT2D eigenvalue weighted by atomic mass is 9.81. The van der Waals surface area contributed by atoms with Crippen molar-refractivity contribution >= 4 is 11.8 Å². The zero-order valence-corrected chi connectivity index (χ0v) is 19.3. The van der Waals surface area contributed by atoms with Crippen molar-refractivity contribution in [2.75, 3.05) is 13.7 Å². The third kappa shape index (κ3) is 5.88. The fourth-order valence-electron chi connectivity index (χ4n) is 3.62. The van der Waals surface area contributed by atoms with E-state index >= 15 is 0 Å². The molecule has 0 aliphatic carbocycles. The molecular weight excluding hydrogens is 424 g/mol. The first-order valence-corrected chi connectivity index (χ1v) is 10.4. The molecule has 174 valence electrons. The predicted octanol–water partition coefficient (Wildman–Crippen LogP) is 2.90. The molecule has 1 unspecified atom stereocenters. The number of rotatable bonds is 8. The van der Waals surface area contributed by atoms with Gasteiger partial charge in [0, 0.05) is 40.5 Å². The number of primary amides is 1. The average molecular weight is 453 g/mol. The number of aromatic nitrogens is 2. The molecule has 9 heteroatoms. The molecule has 0 saturated carbocycles. The van der Waals surface area contributed by atoms with Gasteiger partial charge in [0.15, 0.2) is 5.76 Å². The first-order chi connectivity index (χ1) is 15.6. The summed E-state index contributed by atoms with van der Waals surface area (Å²) in [5, 5.41) is 2.72. The summed E-state index contributed by atoms with van der Waals surface area (Å²) in [6, 6.07) is 11.3. The van der Waals surface area contributed by atoms with Crippen LogP contribution in [0.3, 0.4) is 0 Å². The Morgan fingerprint density at radius 3 is 2.48 bits per heavy atom. The van der Waals surface area contributed by atoms with E-state index in [-0.39, 0.29) is 18.6 Å². The van der Waals surface area contributed by atoms with Gasteiger partial charge in [-0.15, -0.1) is 0 Å². The number of methoxy groups -OCH3 is 1. The number of hydrogen-bond acceptors (Lipinski definition) is 7. The summed E-state index contributed by atoms with van der Waals surface area (Å²) < 4.78 is 16.7. The lowest BCUT2D eigenvalue weighted by Crippen LogP contribution is -2.53. The van der Waals surface area contributed by atoms with Gasteiger partial charge in [-0.05, 0) is 39.3 Å². The zero-order valence-electron chi connectivity index (χ0n) is 19.3. The van der Waals surface area contributed by atoms with E-state index in [0.29, 0.717) is 11.5 Å². The number of carbonyl (C=O) groups is 2. The summed E-state index contributed by atoms with van der Waals surface area (Å²) in [6.45, 7) is 7.63. The van der Waals surface area contributed by atoms with E-state index < -0.39 is 17.4 Å². The molecule has 0 radical (unpaired) electrons. The summed E-state index contributed by atoms with van der Waals surface area (Å²) in [5.74, 6) is -1.06. The minimum absolute atomic E-state index is 0.160. The second-order valence-electron chi connectivity index (χ2n) is 8.31. The summed E-state index contributed by atoms with van der Waals surface area (Å²) in [4.78, 5) is 31.9. The Morgan fingerprint density at radius 1 is 1.18 bits per heavy atom. The molecule has 0 bridgehead atoms. The highest BCUT2D eigenvalue weighted by atomic mass is 16.6. The molecule has 0 saturated heterocycles. The average Bonchev–Trinajstić information content (AvgIpc) is 3.22. The van der Waals surface area contributed by atoms with E-state index in [1.54, 1.807) is 6.20 Å². The van der Waals surface area contributed by atoms with Gasteiger partial charge in [-0.2, -0.15) is 4.98 Å². The molecule has 33 heavy (non-hydrogen) atoms. The van der Waals surface area contributed by atoms with E-state index in [0.717, 1.165) is 22.5 Å². The summed E-state index contributed by atoms with van der Waals surface area (Å²) in [6.07, 6.45) is 1.74. The summed E-state index contributed by atoms with van der Waals surface area (Å²) in [7, 11) is 1.48. The maximum Gasteiger partial charge on any atom is 0.393 e. The van der Waals surface area contributed by atoms with Gasteiger partial charge < -0.3 is 24.9 Å². The van der Waals surface area contributed by atoms with E-state index in [2.05, 4.69) is 15.3 Å². The molecule has 0 aliphatic rings. The van der Waals surface area contributed by atoms with Gasteiger partial charge in [0.2, 0.25) is 0 Å². The van der Waals surface area contributed by atoms with Crippen molar-refractivity contribution in [3.05, 3.63) is 59.5 Å². The molecule has 1 atom stereocenters. The standard InChI is InChI=1S/C24H28N4O5/c1-14-9-18(10-15(2)27-14)32-13-19(24(3,4)28-22(30)21(25)29)16-7-6-8-17(11-16)20-12-26-23(31-5)33-20/h6-12,19H,13H2,1-5H3,(H2,25,29)(H,28,30). The van der Waals surface area contributed by atoms with Crippen LogP contribution in [0.15, 0.2) is 47.0 Å². The van der Waals surface area contributed by atoms with Gasteiger partial charge in [-0.25, -0.2) is 0 Å². The first kappa shape index (κ1) is 23.8. The van der Waals surface area contributed by atoms with Crippen LogP contribution in [0.1, 0.15) is 36.7 Å². The van der Waals surface area contributed by atoms with Crippen molar-refractivity contribution in [3.8, 4) is 23.1 Å². The largest absolute Gasteiger partial charge is 0.493 e. The quantitative estimate of drug-likeness (QED) is 0.503. The van der Waals surface area contributed by atoms with Gasteiger partial charge >= 0.3 is 17.9 Å². The maximum atomic E-state index is 12.1. The van der Waals surface area contributed by atoms with E-state index in [9.17, 15) is 9.59 Å². The van der Waals surface area contributed by atoms with Gasteiger partial charge in [-0.1, -0.05) is 18.2 Å². The molecule has 0 aliphatic heterocycles. The Balaban J connectivity index is 1.96. The van der Waals surface area contributed by atoms with Crippen LogP contribution in [-0.4, -0.2) is 41.0 Å². The minimum atomic E-state index is -1.05. The Morgan fingerprint density at radius 2 is 1.88 bits per heavy atom. The van der Waals surface area contributed by atoms with E-state index in [1.807, 2.05) is 64.1 Å². The van der Waals surface area contributed by atoms with Crippen molar-refractivity contribution in [2.24, 2.45) is 5.73 Å². The number of oxazole rings is 1. The normalized spacial score (nSPS) is 12.2. The van der Waals surface area contributed by atoms with Crippen LogP contribution in [0.4, 0.5) is 0 Å². The fourth-order valence-corrected chi connectivity index (χ4v) is 3.62. The number of pyridine rings is 1. The molecule has 3 aromatic rings. The number of ether oxygens (including phenoxy) is 2. The Hall–Kier alpha value is -3.88. The number of amides is 2. The number of nitrogens with one attached hydrogen (secondary N) is 1. The van der Waals surface area contributed by atoms with Gasteiger partial charge in [0.1, 0.15) is 5.75 Å². The van der Waals surface area contributed by atoms with Crippen molar-refractivity contribution in [3.63, 3.8) is 0 Å². The minimum Gasteiger partial charge on any atom is -0.493 e. The van der Waals surface area contributed by atoms with Gasteiger partial charge in [0.25, 0.3) is 0 Å². The topological polar surface area (TPSA) is 130 Å². The smallest absolute Gasteiger partial charge is 0.393 e. The Labute approximate surface area is 192 Å². The van der Waals surface area contributed by atoms with Gasteiger partial charge in [0.05, 0.1) is 19.9 Å². The molecule has 9 nitrogen and oxygen atoms in total. The van der Waals surface area contributed by atoms with Crippen LogP contribution >= 0.6 is 0 Å². The lowest BCUT2D eigenvalue weighted by Gasteiger charge is -2.35. The van der Waals surface area contributed by atoms with E-state index in [4.69, 9.17) is 19.6 Å². The first-order valence-electron chi connectivity index (χ1n) is 10.4. The zero-order chi connectivity index (χ0) is 24.2. The van der Waals surface area contributed by atoms with Crippen molar-refractivity contribution < 1.29 is 23.5 Å². The SMILES string of the molecule is COc1ncc(-c2cccc(C(COc3cc(C)nc(C)c3)C(C)(C)NC(=O)C(N)=O)c2)o1. The number of aryl methyl sites for hydroxylation is 2. The molecule has 2 amide bonds.